The first-order valence-electron chi connectivity index (χ1n) is 8.99. The Morgan fingerprint density at radius 1 is 1.22 bits per heavy atom. The van der Waals surface area contributed by atoms with Gasteiger partial charge in [0, 0.05) is 10.9 Å². The molecule has 124 valence electrons. The highest BCUT2D eigenvalue weighted by atomic mass is 32.1. The fourth-order valence-corrected chi connectivity index (χ4v) is 5.42. The number of hydrogen-bond donors (Lipinski definition) is 2. The van der Waals surface area contributed by atoms with Crippen molar-refractivity contribution in [1.82, 2.24) is 15.3 Å². The van der Waals surface area contributed by atoms with Crippen LogP contribution < -0.4 is 10.9 Å². The summed E-state index contributed by atoms with van der Waals surface area (Å²) in [4.78, 5) is 22.6. The Balaban J connectivity index is 1.57. The summed E-state index contributed by atoms with van der Waals surface area (Å²) in [6, 6.07) is 0.557. The molecule has 2 aliphatic rings. The maximum Gasteiger partial charge on any atom is 0.259 e. The minimum Gasteiger partial charge on any atom is -0.309 e. The van der Waals surface area contributed by atoms with Crippen LogP contribution in [0, 0.1) is 5.92 Å². The van der Waals surface area contributed by atoms with Crippen LogP contribution in [0.15, 0.2) is 4.79 Å². The van der Waals surface area contributed by atoms with Crippen LogP contribution in [0.3, 0.4) is 0 Å². The number of aromatic nitrogens is 2. The highest BCUT2D eigenvalue weighted by Crippen LogP contribution is 2.33. The van der Waals surface area contributed by atoms with E-state index in [2.05, 4.69) is 17.2 Å². The SMILES string of the molecule is CC1CCCCC1NCc1nc2sc3c(c2c(=O)[nH]1)CCCC3. The highest BCUT2D eigenvalue weighted by Gasteiger charge is 2.22. The van der Waals surface area contributed by atoms with E-state index in [-0.39, 0.29) is 5.56 Å². The molecule has 0 aliphatic heterocycles. The zero-order valence-electron chi connectivity index (χ0n) is 13.8. The van der Waals surface area contributed by atoms with E-state index in [0.717, 1.165) is 28.9 Å². The number of thiophene rings is 1. The van der Waals surface area contributed by atoms with Crippen molar-refractivity contribution in [3.8, 4) is 0 Å². The van der Waals surface area contributed by atoms with Crippen molar-refractivity contribution >= 4 is 21.6 Å². The third-order valence-electron chi connectivity index (χ3n) is 5.52. The van der Waals surface area contributed by atoms with Crippen molar-refractivity contribution in [3.05, 3.63) is 26.6 Å². The van der Waals surface area contributed by atoms with Gasteiger partial charge >= 0.3 is 0 Å². The number of fused-ring (bicyclic) bond motifs is 3. The third kappa shape index (κ3) is 2.96. The Labute approximate surface area is 140 Å². The van der Waals surface area contributed by atoms with E-state index >= 15 is 0 Å². The van der Waals surface area contributed by atoms with Gasteiger partial charge in [0.25, 0.3) is 5.56 Å². The van der Waals surface area contributed by atoms with E-state index in [1.54, 1.807) is 11.3 Å². The van der Waals surface area contributed by atoms with Crippen molar-refractivity contribution in [2.24, 2.45) is 5.92 Å². The van der Waals surface area contributed by atoms with Gasteiger partial charge in [0.05, 0.1) is 11.9 Å². The first kappa shape index (κ1) is 15.3. The van der Waals surface area contributed by atoms with Gasteiger partial charge in [0.1, 0.15) is 10.7 Å². The molecule has 1 saturated carbocycles. The molecule has 4 nitrogen and oxygen atoms in total. The zero-order valence-corrected chi connectivity index (χ0v) is 14.6. The summed E-state index contributed by atoms with van der Waals surface area (Å²) < 4.78 is 0. The average molecular weight is 331 g/mol. The van der Waals surface area contributed by atoms with Gasteiger partial charge in [-0.25, -0.2) is 4.98 Å². The molecule has 2 unspecified atom stereocenters. The molecular weight excluding hydrogens is 306 g/mol. The molecule has 2 heterocycles. The van der Waals surface area contributed by atoms with Gasteiger partial charge in [0.2, 0.25) is 0 Å². The highest BCUT2D eigenvalue weighted by molar-refractivity contribution is 7.18. The van der Waals surface area contributed by atoms with Crippen molar-refractivity contribution in [3.63, 3.8) is 0 Å². The summed E-state index contributed by atoms with van der Waals surface area (Å²) in [5, 5.41) is 4.47. The molecule has 0 aromatic carbocycles. The first-order chi connectivity index (χ1) is 11.2. The molecule has 5 heteroatoms. The average Bonchev–Trinajstić information content (AvgIpc) is 2.93. The van der Waals surface area contributed by atoms with Crippen LogP contribution in [-0.4, -0.2) is 16.0 Å². The maximum atomic E-state index is 12.5. The van der Waals surface area contributed by atoms with Crippen LogP contribution in [0.25, 0.3) is 10.2 Å². The monoisotopic (exact) mass is 331 g/mol. The second-order valence-electron chi connectivity index (χ2n) is 7.15. The lowest BCUT2D eigenvalue weighted by atomic mass is 9.86. The van der Waals surface area contributed by atoms with E-state index in [0.29, 0.717) is 18.5 Å². The first-order valence-corrected chi connectivity index (χ1v) is 9.81. The zero-order chi connectivity index (χ0) is 15.8. The van der Waals surface area contributed by atoms with Crippen LogP contribution in [0.2, 0.25) is 0 Å². The van der Waals surface area contributed by atoms with E-state index in [9.17, 15) is 4.79 Å². The van der Waals surface area contributed by atoms with Crippen LogP contribution in [0.5, 0.6) is 0 Å². The molecule has 2 atom stereocenters. The number of rotatable bonds is 3. The molecule has 0 spiro atoms. The second kappa shape index (κ2) is 6.36. The second-order valence-corrected chi connectivity index (χ2v) is 8.24. The van der Waals surface area contributed by atoms with Crippen molar-refractivity contribution in [1.29, 1.82) is 0 Å². The summed E-state index contributed by atoms with van der Waals surface area (Å²) in [7, 11) is 0. The quantitative estimate of drug-likeness (QED) is 0.904. The van der Waals surface area contributed by atoms with E-state index in [1.165, 1.54) is 49.0 Å². The minimum absolute atomic E-state index is 0.0582. The summed E-state index contributed by atoms with van der Waals surface area (Å²) in [6.07, 6.45) is 9.79. The molecule has 2 aromatic heterocycles. The lowest BCUT2D eigenvalue weighted by Crippen LogP contribution is -2.37. The van der Waals surface area contributed by atoms with Crippen LogP contribution in [-0.2, 0) is 19.4 Å². The van der Waals surface area contributed by atoms with Crippen LogP contribution in [0.1, 0.15) is 61.7 Å². The standard InChI is InChI=1S/C18H25N3OS/c1-11-6-2-4-8-13(11)19-10-15-20-17(22)16-12-7-3-5-9-14(12)23-18(16)21-15/h11,13,19H,2-10H2,1H3,(H,20,21,22). The van der Waals surface area contributed by atoms with Gasteiger partial charge in [-0.3, -0.25) is 4.79 Å². The molecule has 23 heavy (non-hydrogen) atoms. The third-order valence-corrected chi connectivity index (χ3v) is 6.70. The molecule has 2 N–H and O–H groups in total. The molecule has 0 saturated heterocycles. The Morgan fingerprint density at radius 2 is 2.04 bits per heavy atom. The van der Waals surface area contributed by atoms with Gasteiger partial charge in [-0.1, -0.05) is 19.8 Å². The number of hydrogen-bond acceptors (Lipinski definition) is 4. The van der Waals surface area contributed by atoms with Gasteiger partial charge in [-0.2, -0.15) is 0 Å². The smallest absolute Gasteiger partial charge is 0.259 e. The maximum absolute atomic E-state index is 12.5. The number of H-pyrrole nitrogens is 1. The predicted octanol–water partition coefficient (Wildman–Crippen LogP) is 3.53. The van der Waals surface area contributed by atoms with E-state index in [4.69, 9.17) is 4.98 Å². The lowest BCUT2D eigenvalue weighted by Gasteiger charge is -2.29. The fraction of sp³-hybridized carbons (Fsp3) is 0.667. The fourth-order valence-electron chi connectivity index (χ4n) is 4.14. The lowest BCUT2D eigenvalue weighted by molar-refractivity contribution is 0.278. The number of aryl methyl sites for hydroxylation is 2. The summed E-state index contributed by atoms with van der Waals surface area (Å²) in [6.45, 7) is 2.99. The van der Waals surface area contributed by atoms with Crippen molar-refractivity contribution in [2.75, 3.05) is 0 Å². The van der Waals surface area contributed by atoms with E-state index < -0.39 is 0 Å². The van der Waals surface area contributed by atoms with Crippen molar-refractivity contribution in [2.45, 2.75) is 70.9 Å². The molecule has 2 aliphatic carbocycles. The summed E-state index contributed by atoms with van der Waals surface area (Å²) in [5.41, 5.74) is 1.33. The van der Waals surface area contributed by atoms with Gasteiger partial charge < -0.3 is 10.3 Å². The molecule has 2 aromatic rings. The summed E-state index contributed by atoms with van der Waals surface area (Å²) >= 11 is 1.73. The molecule has 0 bridgehead atoms. The molecular formula is C18H25N3OS. The predicted molar refractivity (Wildman–Crippen MR) is 95.1 cm³/mol. The van der Waals surface area contributed by atoms with E-state index in [1.807, 2.05) is 0 Å². The molecule has 0 amide bonds. The summed E-state index contributed by atoms with van der Waals surface area (Å²) in [5.74, 6) is 1.51. The Hall–Kier alpha value is -1.20. The van der Waals surface area contributed by atoms with Gasteiger partial charge in [-0.15, -0.1) is 11.3 Å². The largest absolute Gasteiger partial charge is 0.309 e. The molecule has 4 rings (SSSR count). The Kier molecular flexibility index (Phi) is 4.24. The Bertz CT molecular complexity index is 763. The number of nitrogens with one attached hydrogen (secondary N) is 2. The molecule has 0 radical (unpaired) electrons. The van der Waals surface area contributed by atoms with Crippen LogP contribution in [0.4, 0.5) is 0 Å². The topological polar surface area (TPSA) is 57.8 Å². The van der Waals surface area contributed by atoms with Gasteiger partial charge in [0.15, 0.2) is 0 Å². The van der Waals surface area contributed by atoms with Gasteiger partial charge in [-0.05, 0) is 50.0 Å². The van der Waals surface area contributed by atoms with Crippen LogP contribution >= 0.6 is 11.3 Å². The number of nitrogens with zero attached hydrogens (tertiary/aromatic N) is 1. The number of aromatic amines is 1. The minimum atomic E-state index is 0.0582. The normalized spacial score (nSPS) is 24.7. The Morgan fingerprint density at radius 3 is 2.91 bits per heavy atom. The van der Waals surface area contributed by atoms with Crippen molar-refractivity contribution < 1.29 is 0 Å². The molecule has 1 fully saturated rings.